The topological polar surface area (TPSA) is 111 Å². The average Bonchev–Trinajstić information content (AvgIpc) is 3.29. The van der Waals surface area contributed by atoms with E-state index in [1.54, 1.807) is 17.8 Å². The molecule has 3 rings (SSSR count). The van der Waals surface area contributed by atoms with Gasteiger partial charge in [-0.3, -0.25) is 19.6 Å². The van der Waals surface area contributed by atoms with Gasteiger partial charge in [0.15, 0.2) is 5.78 Å². The minimum atomic E-state index is -0.833. The predicted molar refractivity (Wildman–Crippen MR) is 136 cm³/mol. The third-order valence-electron chi connectivity index (χ3n) is 6.19. The number of benzene rings is 2. The summed E-state index contributed by atoms with van der Waals surface area (Å²) in [6.45, 7) is 7.61. The van der Waals surface area contributed by atoms with Gasteiger partial charge in [-0.2, -0.15) is 0 Å². The maximum atomic E-state index is 13.7. The summed E-state index contributed by atoms with van der Waals surface area (Å²) in [5.74, 6) is -2.69. The number of Topliss-reactive ketones (excluding diaryl/α,β-unsaturated/α-hetero) is 1. The molecule has 3 atom stereocenters. The molecular formula is C28H33N3O4. The highest BCUT2D eigenvalue weighted by molar-refractivity contribution is 6.11. The molecule has 2 aromatic carbocycles. The lowest BCUT2D eigenvalue weighted by molar-refractivity contribution is -0.140. The minimum Gasteiger partial charge on any atom is -0.360 e. The number of aromatic nitrogens is 1. The van der Waals surface area contributed by atoms with Crippen molar-refractivity contribution in [2.45, 2.75) is 39.2 Å². The van der Waals surface area contributed by atoms with Crippen LogP contribution in [0.15, 0.2) is 73.4 Å². The molecule has 0 aliphatic heterocycles. The third kappa shape index (κ3) is 6.45. The fraction of sp³-hybridized carbons (Fsp3) is 0.321. The molecule has 0 aliphatic rings. The largest absolute Gasteiger partial charge is 0.360 e. The van der Waals surface area contributed by atoms with Gasteiger partial charge in [0.1, 0.15) is 0 Å². The van der Waals surface area contributed by atoms with Crippen LogP contribution in [0.3, 0.4) is 0 Å². The summed E-state index contributed by atoms with van der Waals surface area (Å²) in [5.41, 5.74) is 3.92. The van der Waals surface area contributed by atoms with Crippen LogP contribution < -0.4 is 10.8 Å². The van der Waals surface area contributed by atoms with Crippen molar-refractivity contribution >= 4 is 28.5 Å². The lowest BCUT2D eigenvalue weighted by Gasteiger charge is -2.28. The molecule has 0 bridgehead atoms. The first-order valence-corrected chi connectivity index (χ1v) is 11.8. The Balaban J connectivity index is 1.95. The molecule has 7 heteroatoms. The van der Waals surface area contributed by atoms with Crippen LogP contribution in [0, 0.1) is 17.8 Å². The van der Waals surface area contributed by atoms with Crippen LogP contribution in [0.25, 0.3) is 10.9 Å². The van der Waals surface area contributed by atoms with E-state index in [2.05, 4.69) is 16.9 Å². The molecule has 2 amide bonds. The molecular weight excluding hydrogens is 442 g/mol. The number of aromatic amines is 1. The maximum absolute atomic E-state index is 13.7. The summed E-state index contributed by atoms with van der Waals surface area (Å²) in [6, 6.07) is 16.2. The SMILES string of the molecule is C=CC[C@H](C(=O)NO)[C@@H](CC(C)C)C(=O)N[C@@H](Cc1ccccc1)C(=O)c1c[nH]c2ccccc12. The van der Waals surface area contributed by atoms with E-state index in [0.29, 0.717) is 18.4 Å². The second kappa shape index (κ2) is 12.1. The van der Waals surface area contributed by atoms with Gasteiger partial charge in [0, 0.05) is 29.1 Å². The first kappa shape index (κ1) is 25.9. The van der Waals surface area contributed by atoms with Crippen molar-refractivity contribution in [2.24, 2.45) is 17.8 Å². The van der Waals surface area contributed by atoms with Crippen molar-refractivity contribution in [1.29, 1.82) is 0 Å². The second-order valence-electron chi connectivity index (χ2n) is 9.21. The van der Waals surface area contributed by atoms with Crippen LogP contribution in [-0.4, -0.2) is 33.8 Å². The van der Waals surface area contributed by atoms with Crippen LogP contribution in [0.2, 0.25) is 0 Å². The van der Waals surface area contributed by atoms with E-state index < -0.39 is 29.7 Å². The number of amides is 2. The second-order valence-corrected chi connectivity index (χ2v) is 9.21. The number of allylic oxidation sites excluding steroid dienone is 1. The molecule has 0 saturated carbocycles. The molecule has 0 spiro atoms. The summed E-state index contributed by atoms with van der Waals surface area (Å²) < 4.78 is 0. The highest BCUT2D eigenvalue weighted by Gasteiger charge is 2.35. The van der Waals surface area contributed by atoms with Crippen molar-refractivity contribution < 1.29 is 19.6 Å². The summed E-state index contributed by atoms with van der Waals surface area (Å²) in [5, 5.41) is 13.0. The minimum absolute atomic E-state index is 0.112. The quantitative estimate of drug-likeness (QED) is 0.134. The highest BCUT2D eigenvalue weighted by Crippen LogP contribution is 2.26. The number of fused-ring (bicyclic) bond motifs is 1. The summed E-state index contributed by atoms with van der Waals surface area (Å²) >= 11 is 0. The summed E-state index contributed by atoms with van der Waals surface area (Å²) in [4.78, 5) is 42.8. The molecule has 0 saturated heterocycles. The number of nitrogens with one attached hydrogen (secondary N) is 3. The van der Waals surface area contributed by atoms with Gasteiger partial charge in [-0.15, -0.1) is 6.58 Å². The Morgan fingerprint density at radius 2 is 1.69 bits per heavy atom. The maximum Gasteiger partial charge on any atom is 0.247 e. The molecule has 4 N–H and O–H groups in total. The Morgan fingerprint density at radius 3 is 2.34 bits per heavy atom. The Hall–Kier alpha value is -3.71. The summed E-state index contributed by atoms with van der Waals surface area (Å²) in [6.07, 6.45) is 4.16. The van der Waals surface area contributed by atoms with Gasteiger partial charge in [0.05, 0.1) is 17.9 Å². The Morgan fingerprint density at radius 1 is 1.00 bits per heavy atom. The van der Waals surface area contributed by atoms with Crippen LogP contribution in [0.1, 0.15) is 42.6 Å². The number of hydrogen-bond acceptors (Lipinski definition) is 4. The molecule has 1 heterocycles. The standard InChI is InChI=1S/C28H33N3O4/c1-4-10-21(28(34)31-35)22(15-18(2)3)27(33)30-25(16-19-11-6-5-7-12-19)26(32)23-17-29-24-14-9-8-13-20(23)24/h4-9,11-14,17-18,21-22,25,29,35H,1,10,15-16H2,2-3H3,(H,30,33)(H,31,34)/t21-,22+,25-/m0/s1. The molecule has 3 aromatic rings. The van der Waals surface area contributed by atoms with Gasteiger partial charge in [-0.05, 0) is 30.4 Å². The zero-order valence-corrected chi connectivity index (χ0v) is 20.2. The lowest BCUT2D eigenvalue weighted by atomic mass is 9.81. The third-order valence-corrected chi connectivity index (χ3v) is 6.19. The van der Waals surface area contributed by atoms with Crippen molar-refractivity contribution in [3.63, 3.8) is 0 Å². The Kier molecular flexibility index (Phi) is 8.98. The number of hydroxylamine groups is 1. The molecule has 1 aromatic heterocycles. The first-order valence-electron chi connectivity index (χ1n) is 11.8. The van der Waals surface area contributed by atoms with Crippen LogP contribution in [0.5, 0.6) is 0 Å². The number of hydrogen-bond donors (Lipinski definition) is 4. The van der Waals surface area contributed by atoms with E-state index in [4.69, 9.17) is 0 Å². The Labute approximate surface area is 205 Å². The van der Waals surface area contributed by atoms with Crippen LogP contribution >= 0.6 is 0 Å². The molecule has 0 aliphatic carbocycles. The van der Waals surface area contributed by atoms with E-state index in [1.807, 2.05) is 68.4 Å². The monoisotopic (exact) mass is 475 g/mol. The van der Waals surface area contributed by atoms with Crippen molar-refractivity contribution in [3.8, 4) is 0 Å². The molecule has 0 unspecified atom stereocenters. The number of H-pyrrole nitrogens is 1. The van der Waals surface area contributed by atoms with Crippen molar-refractivity contribution in [1.82, 2.24) is 15.8 Å². The molecule has 35 heavy (non-hydrogen) atoms. The molecule has 184 valence electrons. The van der Waals surface area contributed by atoms with E-state index in [9.17, 15) is 19.6 Å². The van der Waals surface area contributed by atoms with Crippen molar-refractivity contribution in [3.05, 3.63) is 84.6 Å². The van der Waals surface area contributed by atoms with E-state index in [1.165, 1.54) is 0 Å². The first-order chi connectivity index (χ1) is 16.8. The molecule has 0 fully saturated rings. The molecule has 7 nitrogen and oxygen atoms in total. The van der Waals surface area contributed by atoms with E-state index in [-0.39, 0.29) is 18.1 Å². The zero-order chi connectivity index (χ0) is 25.4. The highest BCUT2D eigenvalue weighted by atomic mass is 16.5. The fourth-order valence-corrected chi connectivity index (χ4v) is 4.48. The number of para-hydroxylation sites is 1. The van der Waals surface area contributed by atoms with Gasteiger partial charge < -0.3 is 10.3 Å². The number of ketones is 1. The Bertz CT molecular complexity index is 1170. The van der Waals surface area contributed by atoms with E-state index in [0.717, 1.165) is 16.5 Å². The number of rotatable bonds is 12. The number of carbonyl (C=O) groups excluding carboxylic acids is 3. The van der Waals surface area contributed by atoms with Gasteiger partial charge in [-0.25, -0.2) is 5.48 Å². The predicted octanol–water partition coefficient (Wildman–Crippen LogP) is 4.44. The van der Waals surface area contributed by atoms with Gasteiger partial charge >= 0.3 is 0 Å². The normalized spacial score (nSPS) is 13.7. The van der Waals surface area contributed by atoms with Crippen LogP contribution in [-0.2, 0) is 16.0 Å². The van der Waals surface area contributed by atoms with E-state index >= 15 is 0 Å². The molecule has 0 radical (unpaired) electrons. The van der Waals surface area contributed by atoms with Gasteiger partial charge in [0.25, 0.3) is 0 Å². The number of carbonyl (C=O) groups is 3. The van der Waals surface area contributed by atoms with Crippen LogP contribution in [0.4, 0.5) is 0 Å². The average molecular weight is 476 g/mol. The zero-order valence-electron chi connectivity index (χ0n) is 20.2. The van der Waals surface area contributed by atoms with Gasteiger partial charge in [0.2, 0.25) is 11.8 Å². The van der Waals surface area contributed by atoms with Gasteiger partial charge in [-0.1, -0.05) is 68.5 Å². The smallest absolute Gasteiger partial charge is 0.247 e. The fourth-order valence-electron chi connectivity index (χ4n) is 4.48. The summed E-state index contributed by atoms with van der Waals surface area (Å²) in [7, 11) is 0. The van der Waals surface area contributed by atoms with Crippen molar-refractivity contribution in [2.75, 3.05) is 0 Å². The lowest BCUT2D eigenvalue weighted by Crippen LogP contribution is -2.48.